The summed E-state index contributed by atoms with van der Waals surface area (Å²) < 4.78 is 5.31. The van der Waals surface area contributed by atoms with E-state index in [4.69, 9.17) is 16.3 Å². The first-order valence-electron chi connectivity index (χ1n) is 7.08. The fourth-order valence-corrected chi connectivity index (χ4v) is 2.15. The summed E-state index contributed by atoms with van der Waals surface area (Å²) in [5.74, 6) is 0.597. The second kappa shape index (κ2) is 6.83. The van der Waals surface area contributed by atoms with Gasteiger partial charge in [0.1, 0.15) is 16.6 Å². The van der Waals surface area contributed by atoms with Gasteiger partial charge in [-0.15, -0.1) is 0 Å². The van der Waals surface area contributed by atoms with Crippen LogP contribution in [0.25, 0.3) is 0 Å². The highest BCUT2D eigenvalue weighted by Crippen LogP contribution is 2.18. The maximum absolute atomic E-state index is 12.0. The first-order valence-corrected chi connectivity index (χ1v) is 7.45. The highest BCUT2D eigenvalue weighted by molar-refractivity contribution is 6.29. The zero-order chi connectivity index (χ0) is 16.2. The van der Waals surface area contributed by atoms with Crippen molar-refractivity contribution in [1.29, 1.82) is 0 Å². The molecule has 0 radical (unpaired) electrons. The van der Waals surface area contributed by atoms with Gasteiger partial charge in [0.2, 0.25) is 0 Å². The first-order chi connectivity index (χ1) is 10.3. The van der Waals surface area contributed by atoms with E-state index in [-0.39, 0.29) is 6.04 Å². The maximum atomic E-state index is 12.0. The van der Waals surface area contributed by atoms with Crippen LogP contribution in [0.3, 0.4) is 0 Å². The van der Waals surface area contributed by atoms with Gasteiger partial charge in [0, 0.05) is 12.6 Å². The number of ether oxygens (including phenoxy) is 1. The summed E-state index contributed by atoms with van der Waals surface area (Å²) in [6.07, 6.45) is 1.69. The molecule has 1 amide bonds. The van der Waals surface area contributed by atoms with Crippen LogP contribution in [0.1, 0.15) is 38.2 Å². The number of hydrogen-bond donors (Lipinski definition) is 2. The molecule has 5 nitrogen and oxygen atoms in total. The summed E-state index contributed by atoms with van der Waals surface area (Å²) >= 11 is 5.86. The number of imidazole rings is 1. The number of halogens is 1. The quantitative estimate of drug-likeness (QED) is 0.898. The van der Waals surface area contributed by atoms with Gasteiger partial charge in [-0.1, -0.05) is 41.9 Å². The molecule has 0 aliphatic heterocycles. The van der Waals surface area contributed by atoms with Gasteiger partial charge in [-0.3, -0.25) is 0 Å². The predicted molar refractivity (Wildman–Crippen MR) is 85.9 cm³/mol. The Morgan fingerprint density at radius 2 is 2.05 bits per heavy atom. The number of H-pyrrole nitrogens is 1. The molecule has 0 spiro atoms. The minimum absolute atomic E-state index is 0.343. The third-order valence-corrected chi connectivity index (χ3v) is 3.06. The topological polar surface area (TPSA) is 67.0 Å². The van der Waals surface area contributed by atoms with E-state index in [1.54, 1.807) is 6.20 Å². The molecule has 0 unspecified atom stereocenters. The molecule has 0 bridgehead atoms. The van der Waals surface area contributed by atoms with E-state index in [1.807, 2.05) is 51.1 Å². The molecule has 1 aromatic heterocycles. The lowest BCUT2D eigenvalue weighted by Gasteiger charge is -2.23. The molecule has 22 heavy (non-hydrogen) atoms. The van der Waals surface area contributed by atoms with E-state index in [9.17, 15) is 4.79 Å². The predicted octanol–water partition coefficient (Wildman–Crippen LogP) is 3.87. The van der Waals surface area contributed by atoms with E-state index in [0.29, 0.717) is 17.4 Å². The van der Waals surface area contributed by atoms with Crippen molar-refractivity contribution in [2.75, 3.05) is 0 Å². The summed E-state index contributed by atoms with van der Waals surface area (Å²) in [6, 6.07) is 9.50. The molecule has 0 saturated carbocycles. The molecule has 0 aliphatic rings. The molecule has 1 heterocycles. The van der Waals surface area contributed by atoms with Crippen LogP contribution in [0.2, 0.25) is 5.15 Å². The standard InChI is InChI=1S/C16H20ClN3O2/c1-16(2,3)22-15(21)19-12(14-18-10-13(17)20-14)9-11-7-5-4-6-8-11/h4-8,10,12H,9H2,1-3H3,(H,18,20)(H,19,21)/t12-/m0/s1. The molecule has 0 fully saturated rings. The molecule has 2 N–H and O–H groups in total. The highest BCUT2D eigenvalue weighted by Gasteiger charge is 2.22. The van der Waals surface area contributed by atoms with Crippen LogP contribution in [0.4, 0.5) is 4.79 Å². The van der Waals surface area contributed by atoms with E-state index in [2.05, 4.69) is 15.3 Å². The molecule has 118 valence electrons. The molecule has 0 aliphatic carbocycles. The fraction of sp³-hybridized carbons (Fsp3) is 0.375. The summed E-state index contributed by atoms with van der Waals surface area (Å²) in [5.41, 5.74) is 0.526. The van der Waals surface area contributed by atoms with Crippen molar-refractivity contribution in [3.05, 3.63) is 53.1 Å². The minimum atomic E-state index is -0.553. The van der Waals surface area contributed by atoms with E-state index >= 15 is 0 Å². The van der Waals surface area contributed by atoms with Crippen molar-refractivity contribution in [2.24, 2.45) is 0 Å². The molecule has 0 saturated heterocycles. The fourth-order valence-electron chi connectivity index (χ4n) is 2.01. The van der Waals surface area contributed by atoms with Crippen LogP contribution in [0.15, 0.2) is 36.5 Å². The smallest absolute Gasteiger partial charge is 0.408 e. The largest absolute Gasteiger partial charge is 0.444 e. The van der Waals surface area contributed by atoms with Crippen LogP contribution < -0.4 is 5.32 Å². The van der Waals surface area contributed by atoms with E-state index in [1.165, 1.54) is 0 Å². The number of amides is 1. The average molecular weight is 322 g/mol. The second-order valence-electron chi connectivity index (χ2n) is 6.00. The maximum Gasteiger partial charge on any atom is 0.408 e. The number of rotatable bonds is 4. The number of hydrogen-bond acceptors (Lipinski definition) is 3. The van der Waals surface area contributed by atoms with Crippen molar-refractivity contribution in [2.45, 2.75) is 38.8 Å². The van der Waals surface area contributed by atoms with Gasteiger partial charge in [0.15, 0.2) is 0 Å². The second-order valence-corrected chi connectivity index (χ2v) is 6.38. The van der Waals surface area contributed by atoms with Crippen LogP contribution in [0.5, 0.6) is 0 Å². The molecule has 1 aromatic carbocycles. The van der Waals surface area contributed by atoms with Gasteiger partial charge in [-0.25, -0.2) is 9.78 Å². The lowest BCUT2D eigenvalue weighted by molar-refractivity contribution is 0.0501. The van der Waals surface area contributed by atoms with Crippen molar-refractivity contribution < 1.29 is 9.53 Å². The average Bonchev–Trinajstić information content (AvgIpc) is 2.84. The molecule has 2 rings (SSSR count). The Morgan fingerprint density at radius 3 is 2.59 bits per heavy atom. The Hall–Kier alpha value is -2.01. The summed E-state index contributed by atoms with van der Waals surface area (Å²) in [4.78, 5) is 19.2. The Kier molecular flexibility index (Phi) is 5.08. The van der Waals surface area contributed by atoms with Crippen LogP contribution >= 0.6 is 11.6 Å². The number of aromatic amines is 1. The van der Waals surface area contributed by atoms with Gasteiger partial charge in [-0.2, -0.15) is 0 Å². The Morgan fingerprint density at radius 1 is 1.36 bits per heavy atom. The Balaban J connectivity index is 2.13. The van der Waals surface area contributed by atoms with Gasteiger partial charge >= 0.3 is 6.09 Å². The number of aromatic nitrogens is 2. The van der Waals surface area contributed by atoms with Gasteiger partial charge in [-0.05, 0) is 26.3 Å². The van der Waals surface area contributed by atoms with Crippen LogP contribution in [-0.2, 0) is 11.2 Å². The molecule has 6 heteroatoms. The lowest BCUT2D eigenvalue weighted by atomic mass is 10.1. The number of benzene rings is 1. The van der Waals surface area contributed by atoms with Crippen molar-refractivity contribution in [1.82, 2.24) is 15.3 Å². The number of alkyl carbamates (subject to hydrolysis) is 1. The third-order valence-electron chi connectivity index (χ3n) is 2.87. The summed E-state index contributed by atoms with van der Waals surface area (Å²) in [6.45, 7) is 5.47. The highest BCUT2D eigenvalue weighted by atomic mass is 35.5. The Labute approximate surface area is 135 Å². The van der Waals surface area contributed by atoms with Crippen molar-refractivity contribution >= 4 is 17.7 Å². The third kappa shape index (κ3) is 5.07. The van der Waals surface area contributed by atoms with Gasteiger partial charge in [0.25, 0.3) is 0 Å². The lowest BCUT2D eigenvalue weighted by Crippen LogP contribution is -2.36. The number of carbonyl (C=O) groups is 1. The van der Waals surface area contributed by atoms with E-state index in [0.717, 1.165) is 5.56 Å². The van der Waals surface area contributed by atoms with Gasteiger partial charge < -0.3 is 15.0 Å². The summed E-state index contributed by atoms with van der Waals surface area (Å²) in [5, 5.41) is 3.20. The molecule has 1 atom stereocenters. The number of nitrogens with zero attached hydrogens (tertiary/aromatic N) is 1. The Bertz CT molecular complexity index is 620. The van der Waals surface area contributed by atoms with Gasteiger partial charge in [0.05, 0.1) is 6.04 Å². The number of nitrogens with one attached hydrogen (secondary N) is 2. The normalized spacial score (nSPS) is 12.7. The first kappa shape index (κ1) is 16.4. The molecule has 2 aromatic rings. The van der Waals surface area contributed by atoms with Crippen LogP contribution in [0, 0.1) is 0 Å². The van der Waals surface area contributed by atoms with Crippen LogP contribution in [-0.4, -0.2) is 21.7 Å². The van der Waals surface area contributed by atoms with Crippen molar-refractivity contribution in [3.63, 3.8) is 0 Å². The SMILES string of the molecule is CC(C)(C)OC(=O)N[C@@H](Cc1ccccc1)c1nc(Cl)c[nH]1. The minimum Gasteiger partial charge on any atom is -0.444 e. The number of carbonyl (C=O) groups excluding carboxylic acids is 1. The van der Waals surface area contributed by atoms with Crippen molar-refractivity contribution in [3.8, 4) is 0 Å². The summed E-state index contributed by atoms with van der Waals surface area (Å²) in [7, 11) is 0. The zero-order valence-corrected chi connectivity index (χ0v) is 13.6. The molecular formula is C16H20ClN3O2. The monoisotopic (exact) mass is 321 g/mol. The van der Waals surface area contributed by atoms with E-state index < -0.39 is 11.7 Å². The zero-order valence-electron chi connectivity index (χ0n) is 12.9. The molecular weight excluding hydrogens is 302 g/mol.